The van der Waals surface area contributed by atoms with Crippen LogP contribution in [0.25, 0.3) is 11.3 Å². The molecule has 1 aromatic heterocycles. The second-order valence-electron chi connectivity index (χ2n) is 3.99. The van der Waals surface area contributed by atoms with Gasteiger partial charge in [-0.25, -0.2) is 4.98 Å². The van der Waals surface area contributed by atoms with Crippen LogP contribution in [-0.4, -0.2) is 10.9 Å². The molecule has 5 heteroatoms. The number of aryl methyl sites for hydroxylation is 1. The van der Waals surface area contributed by atoms with Crippen molar-refractivity contribution in [1.29, 1.82) is 0 Å². The second kappa shape index (κ2) is 3.85. The van der Waals surface area contributed by atoms with Gasteiger partial charge in [-0.05, 0) is 24.1 Å². The quantitative estimate of drug-likeness (QED) is 0.809. The maximum Gasteiger partial charge on any atom is 0.224 e. The average molecular weight is 245 g/mol. The number of benzene rings is 1. The van der Waals surface area contributed by atoms with E-state index in [1.807, 2.05) is 12.1 Å². The van der Waals surface area contributed by atoms with Gasteiger partial charge in [0.1, 0.15) is 10.7 Å². The van der Waals surface area contributed by atoms with Crippen molar-refractivity contribution in [3.63, 3.8) is 0 Å². The number of thiazole rings is 1. The Morgan fingerprint density at radius 3 is 3.00 bits per heavy atom. The zero-order valence-electron chi connectivity index (χ0n) is 9.06. The van der Waals surface area contributed by atoms with Gasteiger partial charge in [-0.3, -0.25) is 4.79 Å². The van der Waals surface area contributed by atoms with Crippen molar-refractivity contribution in [2.45, 2.75) is 12.8 Å². The van der Waals surface area contributed by atoms with Crippen molar-refractivity contribution in [3.05, 3.63) is 29.3 Å². The molecule has 3 rings (SSSR count). The SMILES string of the molecule is Nc1scnc1-c1ccc2c(c1)CCC(=O)N2. The number of amides is 1. The first-order valence-electron chi connectivity index (χ1n) is 5.36. The summed E-state index contributed by atoms with van der Waals surface area (Å²) in [6.07, 6.45) is 1.32. The van der Waals surface area contributed by atoms with Crippen LogP contribution in [0.1, 0.15) is 12.0 Å². The van der Waals surface area contributed by atoms with Crippen molar-refractivity contribution < 1.29 is 4.79 Å². The van der Waals surface area contributed by atoms with Crippen molar-refractivity contribution in [2.75, 3.05) is 11.1 Å². The van der Waals surface area contributed by atoms with Crippen molar-refractivity contribution >= 4 is 27.9 Å². The smallest absolute Gasteiger partial charge is 0.224 e. The summed E-state index contributed by atoms with van der Waals surface area (Å²) in [5.41, 5.74) is 11.5. The molecular weight excluding hydrogens is 234 g/mol. The molecule has 0 aliphatic carbocycles. The molecule has 0 saturated heterocycles. The highest BCUT2D eigenvalue weighted by atomic mass is 32.1. The molecular formula is C12H11N3OS. The number of hydrogen-bond acceptors (Lipinski definition) is 4. The highest BCUT2D eigenvalue weighted by molar-refractivity contribution is 7.14. The maximum atomic E-state index is 11.3. The molecule has 0 spiro atoms. The number of rotatable bonds is 1. The highest BCUT2D eigenvalue weighted by Gasteiger charge is 2.16. The summed E-state index contributed by atoms with van der Waals surface area (Å²) in [7, 11) is 0. The Hall–Kier alpha value is -1.88. The Kier molecular flexibility index (Phi) is 2.33. The number of nitrogens with two attached hydrogens (primary N) is 1. The Morgan fingerprint density at radius 2 is 2.24 bits per heavy atom. The van der Waals surface area contributed by atoms with E-state index in [1.54, 1.807) is 5.51 Å². The third-order valence-electron chi connectivity index (χ3n) is 2.87. The Balaban J connectivity index is 2.05. The fraction of sp³-hybridized carbons (Fsp3) is 0.167. The zero-order chi connectivity index (χ0) is 11.8. The van der Waals surface area contributed by atoms with Crippen LogP contribution in [0.4, 0.5) is 10.7 Å². The monoisotopic (exact) mass is 245 g/mol. The van der Waals surface area contributed by atoms with Crippen LogP contribution in [0, 0.1) is 0 Å². The van der Waals surface area contributed by atoms with Crippen molar-refractivity contribution in [3.8, 4) is 11.3 Å². The molecule has 0 bridgehead atoms. The van der Waals surface area contributed by atoms with E-state index in [4.69, 9.17) is 5.73 Å². The van der Waals surface area contributed by atoms with E-state index in [2.05, 4.69) is 16.4 Å². The minimum atomic E-state index is 0.0819. The molecule has 1 aliphatic rings. The average Bonchev–Trinajstić information content (AvgIpc) is 2.75. The van der Waals surface area contributed by atoms with Gasteiger partial charge >= 0.3 is 0 Å². The first-order chi connectivity index (χ1) is 8.24. The Bertz CT molecular complexity index is 591. The van der Waals surface area contributed by atoms with Gasteiger partial charge in [-0.1, -0.05) is 6.07 Å². The van der Waals surface area contributed by atoms with Gasteiger partial charge in [-0.2, -0.15) is 0 Å². The summed E-state index contributed by atoms with van der Waals surface area (Å²) in [5, 5.41) is 3.59. The van der Waals surface area contributed by atoms with Crippen LogP contribution in [-0.2, 0) is 11.2 Å². The van der Waals surface area contributed by atoms with Crippen LogP contribution >= 0.6 is 11.3 Å². The molecule has 2 heterocycles. The highest BCUT2D eigenvalue weighted by Crippen LogP contribution is 2.32. The summed E-state index contributed by atoms with van der Waals surface area (Å²) in [5.74, 6) is 0.0819. The number of nitrogens with one attached hydrogen (secondary N) is 1. The number of nitrogens with zero attached hydrogens (tertiary/aromatic N) is 1. The molecule has 3 N–H and O–H groups in total. The molecule has 4 nitrogen and oxygen atoms in total. The molecule has 0 fully saturated rings. The predicted molar refractivity (Wildman–Crippen MR) is 68.9 cm³/mol. The lowest BCUT2D eigenvalue weighted by Gasteiger charge is -2.17. The van der Waals surface area contributed by atoms with Gasteiger partial charge in [0.15, 0.2) is 0 Å². The molecule has 0 atom stereocenters. The third-order valence-corrected chi connectivity index (χ3v) is 3.53. The van der Waals surface area contributed by atoms with Gasteiger partial charge in [0.25, 0.3) is 0 Å². The predicted octanol–water partition coefficient (Wildman–Crippen LogP) is 2.28. The standard InChI is InChI=1S/C12H11N3OS/c13-12-11(14-6-17-12)8-1-3-9-7(5-8)2-4-10(16)15-9/h1,3,5-6H,2,4,13H2,(H,15,16). The van der Waals surface area contributed by atoms with Crippen molar-refractivity contribution in [1.82, 2.24) is 4.98 Å². The zero-order valence-corrected chi connectivity index (χ0v) is 9.88. The van der Waals surface area contributed by atoms with E-state index in [9.17, 15) is 4.79 Å². The molecule has 0 radical (unpaired) electrons. The van der Waals surface area contributed by atoms with Gasteiger partial charge in [0.05, 0.1) is 5.51 Å². The number of nitrogen functional groups attached to an aromatic ring is 1. The van der Waals surface area contributed by atoms with Gasteiger partial charge in [0.2, 0.25) is 5.91 Å². The molecule has 0 saturated carbocycles. The van der Waals surface area contributed by atoms with Gasteiger partial charge in [-0.15, -0.1) is 11.3 Å². The lowest BCUT2D eigenvalue weighted by atomic mass is 9.99. The van der Waals surface area contributed by atoms with Crippen LogP contribution in [0.3, 0.4) is 0 Å². The van der Waals surface area contributed by atoms with Crippen LogP contribution in [0.5, 0.6) is 0 Å². The molecule has 0 unspecified atom stereocenters. The van der Waals surface area contributed by atoms with E-state index < -0.39 is 0 Å². The third kappa shape index (κ3) is 1.78. The lowest BCUT2D eigenvalue weighted by Crippen LogP contribution is -2.18. The van der Waals surface area contributed by atoms with E-state index in [1.165, 1.54) is 11.3 Å². The summed E-state index contributed by atoms with van der Waals surface area (Å²) >= 11 is 1.43. The minimum Gasteiger partial charge on any atom is -0.389 e. The number of aromatic nitrogens is 1. The number of fused-ring (bicyclic) bond motifs is 1. The van der Waals surface area contributed by atoms with Crippen LogP contribution < -0.4 is 11.1 Å². The van der Waals surface area contributed by atoms with E-state index in [-0.39, 0.29) is 5.91 Å². The van der Waals surface area contributed by atoms with Gasteiger partial charge < -0.3 is 11.1 Å². The summed E-state index contributed by atoms with van der Waals surface area (Å²) in [6, 6.07) is 5.91. The van der Waals surface area contributed by atoms with E-state index in [0.29, 0.717) is 6.42 Å². The number of carbonyl (C=O) groups is 1. The lowest BCUT2D eigenvalue weighted by molar-refractivity contribution is -0.116. The fourth-order valence-electron chi connectivity index (χ4n) is 2.00. The van der Waals surface area contributed by atoms with E-state index in [0.717, 1.165) is 33.9 Å². The topological polar surface area (TPSA) is 68.0 Å². The molecule has 1 aliphatic heterocycles. The Morgan fingerprint density at radius 1 is 1.35 bits per heavy atom. The summed E-state index contributed by atoms with van der Waals surface area (Å²) < 4.78 is 0. The minimum absolute atomic E-state index is 0.0819. The summed E-state index contributed by atoms with van der Waals surface area (Å²) in [4.78, 5) is 15.5. The first kappa shape index (κ1) is 10.3. The Labute approximate surface area is 102 Å². The number of anilines is 2. The molecule has 17 heavy (non-hydrogen) atoms. The van der Waals surface area contributed by atoms with E-state index >= 15 is 0 Å². The summed E-state index contributed by atoms with van der Waals surface area (Å²) in [6.45, 7) is 0. The van der Waals surface area contributed by atoms with Crippen molar-refractivity contribution in [2.24, 2.45) is 0 Å². The normalized spacial score (nSPS) is 14.2. The van der Waals surface area contributed by atoms with Gasteiger partial charge in [0, 0.05) is 17.7 Å². The molecule has 2 aromatic rings. The largest absolute Gasteiger partial charge is 0.389 e. The molecule has 1 amide bonds. The van der Waals surface area contributed by atoms with Crippen LogP contribution in [0.15, 0.2) is 23.7 Å². The number of hydrogen-bond donors (Lipinski definition) is 2. The molecule has 86 valence electrons. The fourth-order valence-corrected chi connectivity index (χ4v) is 2.56. The first-order valence-corrected chi connectivity index (χ1v) is 6.24. The molecule has 1 aromatic carbocycles. The van der Waals surface area contributed by atoms with Crippen LogP contribution in [0.2, 0.25) is 0 Å². The second-order valence-corrected chi connectivity index (χ2v) is 4.87. The number of carbonyl (C=O) groups excluding carboxylic acids is 1. The maximum absolute atomic E-state index is 11.3.